The van der Waals surface area contributed by atoms with Crippen molar-refractivity contribution >= 4 is 33.2 Å². The minimum atomic E-state index is 0.846. The number of aromatic nitrogens is 6. The average molecular weight is 378 g/mol. The molecule has 0 bridgehead atoms. The summed E-state index contributed by atoms with van der Waals surface area (Å²) in [5.41, 5.74) is 2.84. The standard InChI is InChI=1S/C18H18N8S/c1-24-11-13(8-22-24)15-9-19-10-16(23-15)25-3-5-26(6-4-25)18-17-14(2-7-27-17)20-12-21-18/h2,7-12H,3-6H2,1H3. The molecule has 1 saturated heterocycles. The van der Waals surface area contributed by atoms with Crippen LogP contribution in [0.5, 0.6) is 0 Å². The van der Waals surface area contributed by atoms with Crippen LogP contribution in [0.3, 0.4) is 0 Å². The summed E-state index contributed by atoms with van der Waals surface area (Å²) < 4.78 is 2.93. The van der Waals surface area contributed by atoms with Crippen LogP contribution in [0.15, 0.2) is 42.6 Å². The minimum absolute atomic E-state index is 0.846. The van der Waals surface area contributed by atoms with E-state index in [4.69, 9.17) is 4.98 Å². The second kappa shape index (κ2) is 6.58. The first-order valence-corrected chi connectivity index (χ1v) is 9.65. The van der Waals surface area contributed by atoms with Gasteiger partial charge in [0.25, 0.3) is 0 Å². The molecule has 0 saturated carbocycles. The zero-order valence-electron chi connectivity index (χ0n) is 14.9. The lowest BCUT2D eigenvalue weighted by Gasteiger charge is -2.36. The first-order valence-electron chi connectivity index (χ1n) is 8.77. The summed E-state index contributed by atoms with van der Waals surface area (Å²) in [6.07, 6.45) is 9.03. The molecule has 5 rings (SSSR count). The molecule has 0 amide bonds. The van der Waals surface area contributed by atoms with E-state index in [0.717, 1.165) is 59.3 Å². The molecular formula is C18H18N8S. The molecule has 0 aromatic carbocycles. The van der Waals surface area contributed by atoms with Crippen molar-refractivity contribution in [1.29, 1.82) is 0 Å². The van der Waals surface area contributed by atoms with Crippen LogP contribution < -0.4 is 9.80 Å². The maximum absolute atomic E-state index is 4.79. The molecule has 136 valence electrons. The number of piperazine rings is 1. The summed E-state index contributed by atoms with van der Waals surface area (Å²) in [6.45, 7) is 3.54. The summed E-state index contributed by atoms with van der Waals surface area (Å²) in [4.78, 5) is 22.6. The van der Waals surface area contributed by atoms with Gasteiger partial charge in [0, 0.05) is 45.0 Å². The van der Waals surface area contributed by atoms with Crippen molar-refractivity contribution in [3.8, 4) is 11.3 Å². The second-order valence-electron chi connectivity index (χ2n) is 6.47. The lowest BCUT2D eigenvalue weighted by atomic mass is 10.2. The molecule has 4 aromatic rings. The van der Waals surface area contributed by atoms with Gasteiger partial charge in [0.15, 0.2) is 0 Å². The molecule has 1 fully saturated rings. The highest BCUT2D eigenvalue weighted by atomic mass is 32.1. The summed E-state index contributed by atoms with van der Waals surface area (Å²) in [5, 5.41) is 6.28. The Labute approximate surface area is 160 Å². The third-order valence-electron chi connectivity index (χ3n) is 4.75. The molecule has 0 unspecified atom stereocenters. The van der Waals surface area contributed by atoms with Crippen LogP contribution in [0.2, 0.25) is 0 Å². The number of nitrogens with zero attached hydrogens (tertiary/aromatic N) is 8. The number of hydrogen-bond donors (Lipinski definition) is 0. The fourth-order valence-corrected chi connectivity index (χ4v) is 4.21. The largest absolute Gasteiger partial charge is 0.352 e. The SMILES string of the molecule is Cn1cc(-c2cncc(N3CCN(c4ncnc5ccsc45)CC3)n2)cn1. The normalized spacial score (nSPS) is 14.9. The van der Waals surface area contributed by atoms with E-state index in [0.29, 0.717) is 0 Å². The van der Waals surface area contributed by atoms with E-state index < -0.39 is 0 Å². The highest BCUT2D eigenvalue weighted by Crippen LogP contribution is 2.29. The van der Waals surface area contributed by atoms with Gasteiger partial charge >= 0.3 is 0 Å². The van der Waals surface area contributed by atoms with Gasteiger partial charge < -0.3 is 9.80 Å². The van der Waals surface area contributed by atoms with Crippen molar-refractivity contribution in [2.75, 3.05) is 36.0 Å². The van der Waals surface area contributed by atoms with E-state index in [1.807, 2.05) is 31.7 Å². The smallest absolute Gasteiger partial charge is 0.150 e. The van der Waals surface area contributed by atoms with E-state index in [-0.39, 0.29) is 0 Å². The molecule has 1 aliphatic rings. The van der Waals surface area contributed by atoms with E-state index in [2.05, 4.69) is 35.2 Å². The first-order chi connectivity index (χ1) is 13.3. The molecule has 4 aromatic heterocycles. The van der Waals surface area contributed by atoms with E-state index in [1.54, 1.807) is 28.5 Å². The first kappa shape index (κ1) is 16.1. The summed E-state index contributed by atoms with van der Waals surface area (Å²) in [5.74, 6) is 1.94. The lowest BCUT2D eigenvalue weighted by molar-refractivity contribution is 0.642. The summed E-state index contributed by atoms with van der Waals surface area (Å²) in [6, 6.07) is 2.04. The molecule has 0 N–H and O–H groups in total. The maximum Gasteiger partial charge on any atom is 0.150 e. The van der Waals surface area contributed by atoms with Crippen molar-refractivity contribution in [1.82, 2.24) is 29.7 Å². The Balaban J connectivity index is 1.34. The molecule has 0 spiro atoms. The monoisotopic (exact) mass is 378 g/mol. The van der Waals surface area contributed by atoms with Crippen molar-refractivity contribution in [3.05, 3.63) is 42.6 Å². The Morgan fingerprint density at radius 1 is 1.00 bits per heavy atom. The van der Waals surface area contributed by atoms with Crippen LogP contribution in [0.25, 0.3) is 21.5 Å². The van der Waals surface area contributed by atoms with Gasteiger partial charge in [-0.2, -0.15) is 5.10 Å². The molecule has 9 heteroatoms. The Morgan fingerprint density at radius 2 is 1.85 bits per heavy atom. The van der Waals surface area contributed by atoms with Gasteiger partial charge in [-0.15, -0.1) is 11.3 Å². The third kappa shape index (κ3) is 2.99. The average Bonchev–Trinajstić information content (AvgIpc) is 3.37. The van der Waals surface area contributed by atoms with Crippen LogP contribution in [0.4, 0.5) is 11.6 Å². The zero-order chi connectivity index (χ0) is 18.2. The Bertz CT molecular complexity index is 1080. The highest BCUT2D eigenvalue weighted by Gasteiger charge is 2.21. The molecule has 27 heavy (non-hydrogen) atoms. The molecule has 8 nitrogen and oxygen atoms in total. The van der Waals surface area contributed by atoms with Crippen molar-refractivity contribution in [2.24, 2.45) is 7.05 Å². The van der Waals surface area contributed by atoms with Crippen LogP contribution in [-0.2, 0) is 7.05 Å². The number of aryl methyl sites for hydroxylation is 1. The molecular weight excluding hydrogens is 360 g/mol. The second-order valence-corrected chi connectivity index (χ2v) is 7.39. The minimum Gasteiger partial charge on any atom is -0.352 e. The predicted octanol–water partition coefficient (Wildman–Crippen LogP) is 2.21. The Kier molecular flexibility index (Phi) is 3.93. The maximum atomic E-state index is 4.79. The van der Waals surface area contributed by atoms with E-state index in [9.17, 15) is 0 Å². The number of thiophene rings is 1. The summed E-state index contributed by atoms with van der Waals surface area (Å²) in [7, 11) is 1.90. The number of hydrogen-bond acceptors (Lipinski definition) is 8. The Hall–Kier alpha value is -3.07. The zero-order valence-corrected chi connectivity index (χ0v) is 15.7. The fraction of sp³-hybridized carbons (Fsp3) is 0.278. The van der Waals surface area contributed by atoms with Crippen LogP contribution in [-0.4, -0.2) is 55.9 Å². The molecule has 5 heterocycles. The summed E-state index contributed by atoms with van der Waals surface area (Å²) >= 11 is 1.70. The van der Waals surface area contributed by atoms with Crippen LogP contribution in [0.1, 0.15) is 0 Å². The predicted molar refractivity (Wildman–Crippen MR) is 106 cm³/mol. The highest BCUT2D eigenvalue weighted by molar-refractivity contribution is 7.17. The molecule has 0 atom stereocenters. The fourth-order valence-electron chi connectivity index (χ4n) is 3.35. The Morgan fingerprint density at radius 3 is 2.67 bits per heavy atom. The van der Waals surface area contributed by atoms with Gasteiger partial charge in [-0.1, -0.05) is 0 Å². The van der Waals surface area contributed by atoms with Gasteiger partial charge in [0.05, 0.1) is 34.5 Å². The number of fused-ring (bicyclic) bond motifs is 1. The van der Waals surface area contributed by atoms with Gasteiger partial charge in [0.1, 0.15) is 18.0 Å². The van der Waals surface area contributed by atoms with Crippen LogP contribution >= 0.6 is 11.3 Å². The van der Waals surface area contributed by atoms with Gasteiger partial charge in [-0.3, -0.25) is 9.67 Å². The van der Waals surface area contributed by atoms with E-state index >= 15 is 0 Å². The topological polar surface area (TPSA) is 75.9 Å². The molecule has 0 aliphatic carbocycles. The lowest BCUT2D eigenvalue weighted by Crippen LogP contribution is -2.47. The van der Waals surface area contributed by atoms with Gasteiger partial charge in [-0.25, -0.2) is 15.0 Å². The van der Waals surface area contributed by atoms with Crippen LogP contribution in [0, 0.1) is 0 Å². The quantitative estimate of drug-likeness (QED) is 0.541. The molecule has 1 aliphatic heterocycles. The number of rotatable bonds is 3. The van der Waals surface area contributed by atoms with Crippen molar-refractivity contribution < 1.29 is 0 Å². The molecule has 0 radical (unpaired) electrons. The third-order valence-corrected chi connectivity index (χ3v) is 5.65. The van der Waals surface area contributed by atoms with Gasteiger partial charge in [0.2, 0.25) is 0 Å². The van der Waals surface area contributed by atoms with Gasteiger partial charge in [-0.05, 0) is 11.4 Å². The number of anilines is 2. The van der Waals surface area contributed by atoms with E-state index in [1.165, 1.54) is 0 Å². The van der Waals surface area contributed by atoms with Crippen molar-refractivity contribution in [2.45, 2.75) is 0 Å². The van der Waals surface area contributed by atoms with Crippen molar-refractivity contribution in [3.63, 3.8) is 0 Å².